The van der Waals surface area contributed by atoms with Crippen molar-refractivity contribution in [3.8, 4) is 0 Å². The van der Waals surface area contributed by atoms with Crippen molar-refractivity contribution in [2.45, 2.75) is 24.8 Å². The molecular formula is C8H11NO. The van der Waals surface area contributed by atoms with Gasteiger partial charge >= 0.3 is 0 Å². The monoisotopic (exact) mass is 137 g/mol. The number of furan rings is 1. The van der Waals surface area contributed by atoms with Gasteiger partial charge in [-0.3, -0.25) is 0 Å². The van der Waals surface area contributed by atoms with Crippen LogP contribution in [0.2, 0.25) is 0 Å². The fraction of sp³-hybridized carbons (Fsp3) is 0.500. The second-order valence-electron chi connectivity index (χ2n) is 3.12. The SMILES string of the molecule is NC1(Cc2ccco2)CC1. The van der Waals surface area contributed by atoms with Crippen LogP contribution in [0.4, 0.5) is 0 Å². The summed E-state index contributed by atoms with van der Waals surface area (Å²) in [5, 5.41) is 0. The molecule has 0 atom stereocenters. The molecule has 1 heterocycles. The van der Waals surface area contributed by atoms with Crippen molar-refractivity contribution in [1.29, 1.82) is 0 Å². The number of nitrogens with two attached hydrogens (primary N) is 1. The molecule has 1 aromatic rings. The van der Waals surface area contributed by atoms with Crippen LogP contribution in [0.1, 0.15) is 18.6 Å². The zero-order valence-electron chi connectivity index (χ0n) is 5.84. The number of hydrogen-bond acceptors (Lipinski definition) is 2. The fourth-order valence-electron chi connectivity index (χ4n) is 1.10. The summed E-state index contributed by atoms with van der Waals surface area (Å²) in [5.74, 6) is 1.01. The standard InChI is InChI=1S/C8H11NO/c9-8(3-4-8)6-7-2-1-5-10-7/h1-2,5H,3-4,6,9H2. The van der Waals surface area contributed by atoms with E-state index in [0.29, 0.717) is 0 Å². The molecule has 1 aliphatic carbocycles. The van der Waals surface area contributed by atoms with E-state index in [1.165, 1.54) is 0 Å². The van der Waals surface area contributed by atoms with E-state index in [9.17, 15) is 0 Å². The van der Waals surface area contributed by atoms with Crippen LogP contribution in [0.15, 0.2) is 22.8 Å². The third-order valence-electron chi connectivity index (χ3n) is 2.00. The van der Waals surface area contributed by atoms with Crippen molar-refractivity contribution in [1.82, 2.24) is 0 Å². The Morgan fingerprint density at radius 1 is 1.60 bits per heavy atom. The second kappa shape index (κ2) is 1.86. The van der Waals surface area contributed by atoms with Crippen molar-refractivity contribution in [3.05, 3.63) is 24.2 Å². The predicted octanol–water partition coefficient (Wildman–Crippen LogP) is 1.31. The molecule has 0 saturated heterocycles. The van der Waals surface area contributed by atoms with Gasteiger partial charge in [0.25, 0.3) is 0 Å². The molecule has 1 aliphatic rings. The lowest BCUT2D eigenvalue weighted by molar-refractivity contribution is 0.479. The third-order valence-corrected chi connectivity index (χ3v) is 2.00. The molecule has 1 fully saturated rings. The van der Waals surface area contributed by atoms with Crippen molar-refractivity contribution < 1.29 is 4.42 Å². The molecule has 1 aromatic heterocycles. The van der Waals surface area contributed by atoms with Crippen LogP contribution in [-0.4, -0.2) is 5.54 Å². The second-order valence-corrected chi connectivity index (χ2v) is 3.12. The molecule has 0 unspecified atom stereocenters. The highest BCUT2D eigenvalue weighted by molar-refractivity contribution is 5.10. The summed E-state index contributed by atoms with van der Waals surface area (Å²) in [5.41, 5.74) is 5.96. The largest absolute Gasteiger partial charge is 0.469 e. The molecule has 0 aromatic carbocycles. The van der Waals surface area contributed by atoms with Gasteiger partial charge in [0.15, 0.2) is 0 Å². The van der Waals surface area contributed by atoms with Gasteiger partial charge in [0, 0.05) is 12.0 Å². The number of rotatable bonds is 2. The van der Waals surface area contributed by atoms with E-state index >= 15 is 0 Å². The molecule has 10 heavy (non-hydrogen) atoms. The highest BCUT2D eigenvalue weighted by Crippen LogP contribution is 2.35. The summed E-state index contributed by atoms with van der Waals surface area (Å²) in [7, 11) is 0. The minimum atomic E-state index is 0.0812. The van der Waals surface area contributed by atoms with E-state index in [2.05, 4.69) is 0 Å². The zero-order valence-corrected chi connectivity index (χ0v) is 5.84. The lowest BCUT2D eigenvalue weighted by Crippen LogP contribution is -2.24. The van der Waals surface area contributed by atoms with Crippen LogP contribution in [-0.2, 0) is 6.42 Å². The first-order valence-corrected chi connectivity index (χ1v) is 3.60. The molecule has 54 valence electrons. The van der Waals surface area contributed by atoms with E-state index in [0.717, 1.165) is 25.0 Å². The van der Waals surface area contributed by atoms with E-state index in [-0.39, 0.29) is 5.54 Å². The molecule has 2 N–H and O–H groups in total. The molecule has 0 spiro atoms. The molecular weight excluding hydrogens is 126 g/mol. The van der Waals surface area contributed by atoms with Crippen LogP contribution in [0.25, 0.3) is 0 Å². The molecule has 0 amide bonds. The Balaban J connectivity index is 2.04. The predicted molar refractivity (Wildman–Crippen MR) is 38.6 cm³/mol. The molecule has 0 aliphatic heterocycles. The third kappa shape index (κ3) is 1.07. The highest BCUT2D eigenvalue weighted by atomic mass is 16.3. The summed E-state index contributed by atoms with van der Waals surface area (Å²) in [4.78, 5) is 0. The molecule has 2 rings (SSSR count). The lowest BCUT2D eigenvalue weighted by atomic mass is 10.1. The van der Waals surface area contributed by atoms with Gasteiger partial charge in [-0.25, -0.2) is 0 Å². The van der Waals surface area contributed by atoms with E-state index < -0.39 is 0 Å². The normalized spacial score (nSPS) is 20.9. The van der Waals surface area contributed by atoms with Crippen molar-refractivity contribution >= 4 is 0 Å². The average molecular weight is 137 g/mol. The first-order chi connectivity index (χ1) is 4.79. The average Bonchev–Trinajstić information content (AvgIpc) is 2.47. The molecule has 2 nitrogen and oxygen atoms in total. The van der Waals surface area contributed by atoms with Gasteiger partial charge in [-0.2, -0.15) is 0 Å². The highest BCUT2D eigenvalue weighted by Gasteiger charge is 2.38. The van der Waals surface area contributed by atoms with Gasteiger partial charge in [0.2, 0.25) is 0 Å². The van der Waals surface area contributed by atoms with Crippen molar-refractivity contribution in [3.63, 3.8) is 0 Å². The Hall–Kier alpha value is -0.760. The first-order valence-electron chi connectivity index (χ1n) is 3.60. The van der Waals surface area contributed by atoms with Crippen LogP contribution >= 0.6 is 0 Å². The molecule has 0 bridgehead atoms. The molecule has 1 saturated carbocycles. The van der Waals surface area contributed by atoms with Gasteiger partial charge < -0.3 is 10.2 Å². The van der Waals surface area contributed by atoms with Crippen molar-refractivity contribution in [2.24, 2.45) is 5.73 Å². The van der Waals surface area contributed by atoms with Crippen LogP contribution in [0.3, 0.4) is 0 Å². The quantitative estimate of drug-likeness (QED) is 0.667. The van der Waals surface area contributed by atoms with Gasteiger partial charge in [0.05, 0.1) is 6.26 Å². The topological polar surface area (TPSA) is 39.2 Å². The summed E-state index contributed by atoms with van der Waals surface area (Å²) < 4.78 is 5.17. The maximum atomic E-state index is 5.88. The van der Waals surface area contributed by atoms with Crippen LogP contribution in [0, 0.1) is 0 Å². The Morgan fingerprint density at radius 2 is 2.40 bits per heavy atom. The molecule has 0 radical (unpaired) electrons. The summed E-state index contributed by atoms with van der Waals surface area (Å²) >= 11 is 0. The fourth-order valence-corrected chi connectivity index (χ4v) is 1.10. The lowest BCUT2D eigenvalue weighted by Gasteiger charge is -2.03. The maximum Gasteiger partial charge on any atom is 0.105 e. The van der Waals surface area contributed by atoms with Gasteiger partial charge in [-0.05, 0) is 25.0 Å². The van der Waals surface area contributed by atoms with Gasteiger partial charge in [-0.15, -0.1) is 0 Å². The maximum absolute atomic E-state index is 5.88. The van der Waals surface area contributed by atoms with Crippen LogP contribution < -0.4 is 5.73 Å². The Labute approximate surface area is 60.0 Å². The van der Waals surface area contributed by atoms with Crippen molar-refractivity contribution in [2.75, 3.05) is 0 Å². The van der Waals surface area contributed by atoms with E-state index in [1.807, 2.05) is 12.1 Å². The van der Waals surface area contributed by atoms with E-state index in [4.69, 9.17) is 10.2 Å². The van der Waals surface area contributed by atoms with Gasteiger partial charge in [0.1, 0.15) is 5.76 Å². The Kier molecular flexibility index (Phi) is 1.11. The first kappa shape index (κ1) is 5.98. The zero-order chi connectivity index (χ0) is 7.03. The minimum absolute atomic E-state index is 0.0812. The minimum Gasteiger partial charge on any atom is -0.469 e. The van der Waals surface area contributed by atoms with Crippen LogP contribution in [0.5, 0.6) is 0 Å². The Bertz CT molecular complexity index is 211. The smallest absolute Gasteiger partial charge is 0.105 e. The molecule has 2 heteroatoms. The van der Waals surface area contributed by atoms with E-state index in [1.54, 1.807) is 6.26 Å². The van der Waals surface area contributed by atoms with Gasteiger partial charge in [-0.1, -0.05) is 0 Å². The summed E-state index contributed by atoms with van der Waals surface area (Å²) in [6, 6.07) is 3.88. The number of hydrogen-bond donors (Lipinski definition) is 1. The summed E-state index contributed by atoms with van der Waals surface area (Å²) in [6.45, 7) is 0. The summed E-state index contributed by atoms with van der Waals surface area (Å²) in [6.07, 6.45) is 4.89. The Morgan fingerprint density at radius 3 is 2.90 bits per heavy atom.